The van der Waals surface area contributed by atoms with Crippen molar-refractivity contribution >= 4 is 17.4 Å². The van der Waals surface area contributed by atoms with Gasteiger partial charge in [0.15, 0.2) is 0 Å². The third-order valence-electron chi connectivity index (χ3n) is 2.16. The molecule has 0 saturated carbocycles. The summed E-state index contributed by atoms with van der Waals surface area (Å²) in [4.78, 5) is 0. The molecule has 1 aromatic heterocycles. The second-order valence-corrected chi connectivity index (χ2v) is 5.08. The van der Waals surface area contributed by atoms with Gasteiger partial charge in [0.2, 0.25) is 0 Å². The molecule has 1 unspecified atom stereocenters. The van der Waals surface area contributed by atoms with Gasteiger partial charge in [-0.25, -0.2) is 0 Å². The Bertz CT molecular complexity index is 325. The molecule has 0 aliphatic rings. The fraction of sp³-hybridized carbons (Fsp3) is 0.700. The highest BCUT2D eigenvalue weighted by molar-refractivity contribution is 8.00. The van der Waals surface area contributed by atoms with Crippen LogP contribution in [0.3, 0.4) is 0 Å². The molecule has 0 amide bonds. The Morgan fingerprint density at radius 3 is 2.80 bits per heavy atom. The number of hydrogen-bond acceptors (Lipinski definition) is 4. The van der Waals surface area contributed by atoms with Crippen molar-refractivity contribution in [3.05, 3.63) is 5.69 Å². The predicted octanol–water partition coefficient (Wildman–Crippen LogP) is 1.43. The van der Waals surface area contributed by atoms with Crippen LogP contribution < -0.4 is 5.73 Å². The molecule has 1 rings (SSSR count). The summed E-state index contributed by atoms with van der Waals surface area (Å²) in [5.41, 5.74) is 7.74. The second kappa shape index (κ2) is 5.42. The van der Waals surface area contributed by atoms with Crippen LogP contribution in [0.15, 0.2) is 5.03 Å². The van der Waals surface area contributed by atoms with E-state index in [0.717, 1.165) is 29.2 Å². The van der Waals surface area contributed by atoms with Gasteiger partial charge in [-0.3, -0.25) is 4.68 Å². The van der Waals surface area contributed by atoms with Gasteiger partial charge in [-0.05, 0) is 6.42 Å². The van der Waals surface area contributed by atoms with E-state index in [-0.39, 0.29) is 11.9 Å². The van der Waals surface area contributed by atoms with Crippen LogP contribution in [0.2, 0.25) is 0 Å². The fourth-order valence-electron chi connectivity index (χ4n) is 1.37. The van der Waals surface area contributed by atoms with Crippen molar-refractivity contribution in [3.63, 3.8) is 0 Å². The van der Waals surface area contributed by atoms with Gasteiger partial charge < -0.3 is 10.8 Å². The summed E-state index contributed by atoms with van der Waals surface area (Å²) in [5, 5.41) is 14.5. The second-order valence-electron chi connectivity index (χ2n) is 3.65. The smallest absolute Gasteiger partial charge is 0.117 e. The highest BCUT2D eigenvalue weighted by Crippen LogP contribution is 2.30. The van der Waals surface area contributed by atoms with Crippen molar-refractivity contribution < 1.29 is 5.11 Å². The van der Waals surface area contributed by atoms with Crippen LogP contribution in [0, 0.1) is 0 Å². The van der Waals surface area contributed by atoms with Crippen LogP contribution in [-0.2, 0) is 13.5 Å². The van der Waals surface area contributed by atoms with Crippen LogP contribution in [0.1, 0.15) is 26.0 Å². The zero-order valence-corrected chi connectivity index (χ0v) is 10.3. The first-order valence-electron chi connectivity index (χ1n) is 5.19. The van der Waals surface area contributed by atoms with Gasteiger partial charge in [0, 0.05) is 12.3 Å². The first kappa shape index (κ1) is 12.4. The predicted molar refractivity (Wildman–Crippen MR) is 64.0 cm³/mol. The maximum absolute atomic E-state index is 9.00. The zero-order chi connectivity index (χ0) is 11.4. The molecule has 0 bridgehead atoms. The van der Waals surface area contributed by atoms with Gasteiger partial charge in [0.25, 0.3) is 0 Å². The molecule has 1 atom stereocenters. The molecular formula is C10H19N3OS. The monoisotopic (exact) mass is 229 g/mol. The average Bonchev–Trinajstić information content (AvgIpc) is 2.46. The van der Waals surface area contributed by atoms with Gasteiger partial charge >= 0.3 is 0 Å². The molecule has 1 aromatic rings. The molecule has 1 heterocycles. The molecule has 3 N–H and O–H groups in total. The number of aliphatic hydroxyl groups is 1. The van der Waals surface area contributed by atoms with Crippen molar-refractivity contribution in [2.45, 2.75) is 37.0 Å². The van der Waals surface area contributed by atoms with E-state index in [1.54, 1.807) is 16.4 Å². The van der Waals surface area contributed by atoms with Gasteiger partial charge in [-0.1, -0.05) is 32.0 Å². The number of thioether (sulfide) groups is 1. The SMILES string of the molecule is CCCc1nn(C)c(SC(C)CO)c1N. The fourth-order valence-corrected chi connectivity index (χ4v) is 2.26. The number of rotatable bonds is 5. The summed E-state index contributed by atoms with van der Waals surface area (Å²) >= 11 is 1.57. The molecule has 86 valence electrons. The van der Waals surface area contributed by atoms with E-state index in [1.807, 2.05) is 14.0 Å². The minimum absolute atomic E-state index is 0.150. The maximum Gasteiger partial charge on any atom is 0.117 e. The van der Waals surface area contributed by atoms with Crippen LogP contribution in [-0.4, -0.2) is 26.7 Å². The third kappa shape index (κ3) is 2.89. The van der Waals surface area contributed by atoms with E-state index >= 15 is 0 Å². The molecule has 5 heteroatoms. The number of aliphatic hydroxyl groups excluding tert-OH is 1. The Hall–Kier alpha value is -0.680. The molecule has 0 aliphatic heterocycles. The minimum atomic E-state index is 0.150. The lowest BCUT2D eigenvalue weighted by molar-refractivity contribution is 0.300. The van der Waals surface area contributed by atoms with E-state index in [4.69, 9.17) is 10.8 Å². The van der Waals surface area contributed by atoms with Crippen molar-refractivity contribution in [1.82, 2.24) is 9.78 Å². The van der Waals surface area contributed by atoms with Gasteiger partial charge in [-0.15, -0.1) is 0 Å². The highest BCUT2D eigenvalue weighted by atomic mass is 32.2. The maximum atomic E-state index is 9.00. The quantitative estimate of drug-likeness (QED) is 0.750. The van der Waals surface area contributed by atoms with Gasteiger partial charge in [0.05, 0.1) is 18.0 Å². The molecule has 0 saturated heterocycles. The Kier molecular flexibility index (Phi) is 4.47. The standard InChI is InChI=1S/C10H19N3OS/c1-4-5-8-9(11)10(13(3)12-8)15-7(2)6-14/h7,14H,4-6,11H2,1-3H3. The van der Waals surface area contributed by atoms with Crippen LogP contribution in [0.4, 0.5) is 5.69 Å². The average molecular weight is 229 g/mol. The lowest BCUT2D eigenvalue weighted by atomic mass is 10.2. The van der Waals surface area contributed by atoms with E-state index < -0.39 is 0 Å². The highest BCUT2D eigenvalue weighted by Gasteiger charge is 2.15. The number of aryl methyl sites for hydroxylation is 2. The summed E-state index contributed by atoms with van der Waals surface area (Å²) in [6, 6.07) is 0. The number of nitrogens with zero attached hydrogens (tertiary/aromatic N) is 2. The Morgan fingerprint density at radius 1 is 1.60 bits per heavy atom. The van der Waals surface area contributed by atoms with Gasteiger partial charge in [0.1, 0.15) is 5.03 Å². The Morgan fingerprint density at radius 2 is 2.27 bits per heavy atom. The zero-order valence-electron chi connectivity index (χ0n) is 9.53. The summed E-state index contributed by atoms with van der Waals surface area (Å²) < 4.78 is 1.80. The molecule has 0 aromatic carbocycles. The minimum Gasteiger partial charge on any atom is -0.395 e. The molecular weight excluding hydrogens is 210 g/mol. The molecule has 15 heavy (non-hydrogen) atoms. The first-order valence-corrected chi connectivity index (χ1v) is 6.07. The van der Waals surface area contributed by atoms with Crippen molar-refractivity contribution in [3.8, 4) is 0 Å². The van der Waals surface area contributed by atoms with Crippen LogP contribution in [0.5, 0.6) is 0 Å². The topological polar surface area (TPSA) is 64.1 Å². The largest absolute Gasteiger partial charge is 0.395 e. The number of aromatic nitrogens is 2. The van der Waals surface area contributed by atoms with E-state index in [0.29, 0.717) is 0 Å². The first-order chi connectivity index (χ1) is 7.10. The molecule has 0 radical (unpaired) electrons. The van der Waals surface area contributed by atoms with Crippen molar-refractivity contribution in [2.24, 2.45) is 7.05 Å². The molecule has 4 nitrogen and oxygen atoms in total. The molecule has 0 aliphatic carbocycles. The van der Waals surface area contributed by atoms with Crippen LogP contribution >= 0.6 is 11.8 Å². The van der Waals surface area contributed by atoms with E-state index in [1.165, 1.54) is 0 Å². The normalized spacial score (nSPS) is 13.1. The number of nitrogens with two attached hydrogens (primary N) is 1. The van der Waals surface area contributed by atoms with Crippen molar-refractivity contribution in [2.75, 3.05) is 12.3 Å². The summed E-state index contributed by atoms with van der Waals surface area (Å²) in [6.45, 7) is 4.23. The summed E-state index contributed by atoms with van der Waals surface area (Å²) in [6.07, 6.45) is 1.95. The number of nitrogen functional groups attached to an aromatic ring is 1. The third-order valence-corrected chi connectivity index (χ3v) is 3.42. The summed E-state index contributed by atoms with van der Waals surface area (Å²) in [5.74, 6) is 0. The van der Waals surface area contributed by atoms with Crippen LogP contribution in [0.25, 0.3) is 0 Å². The van der Waals surface area contributed by atoms with Gasteiger partial charge in [-0.2, -0.15) is 5.10 Å². The Balaban J connectivity index is 2.87. The number of hydrogen-bond donors (Lipinski definition) is 2. The summed E-state index contributed by atoms with van der Waals surface area (Å²) in [7, 11) is 1.89. The molecule has 0 fully saturated rings. The lowest BCUT2D eigenvalue weighted by Crippen LogP contribution is -2.05. The van der Waals surface area contributed by atoms with E-state index in [2.05, 4.69) is 12.0 Å². The van der Waals surface area contributed by atoms with E-state index in [9.17, 15) is 0 Å². The lowest BCUT2D eigenvalue weighted by Gasteiger charge is -2.08. The Labute approximate surface area is 94.9 Å². The molecule has 0 spiro atoms. The number of anilines is 1. The van der Waals surface area contributed by atoms with Crippen molar-refractivity contribution in [1.29, 1.82) is 0 Å².